The van der Waals surface area contributed by atoms with Crippen LogP contribution in [0.3, 0.4) is 0 Å². The van der Waals surface area contributed by atoms with Gasteiger partial charge in [0.1, 0.15) is 0 Å². The minimum Gasteiger partial charge on any atom is -0.379 e. The van der Waals surface area contributed by atoms with E-state index >= 15 is 0 Å². The minimum absolute atomic E-state index is 0.0111. The van der Waals surface area contributed by atoms with Gasteiger partial charge < -0.3 is 10.5 Å². The Bertz CT molecular complexity index is 317. The van der Waals surface area contributed by atoms with Gasteiger partial charge in [0.15, 0.2) is 0 Å². The van der Waals surface area contributed by atoms with E-state index in [0.29, 0.717) is 6.61 Å². The molecule has 0 amide bonds. The summed E-state index contributed by atoms with van der Waals surface area (Å²) in [4.78, 5) is 0. The average Bonchev–Trinajstić information content (AvgIpc) is 2.68. The summed E-state index contributed by atoms with van der Waals surface area (Å²) < 4.78 is 5.82. The molecule has 1 atom stereocenters. The van der Waals surface area contributed by atoms with Crippen molar-refractivity contribution < 1.29 is 4.74 Å². The Hall–Kier alpha value is -0.860. The molecule has 2 heteroatoms. The normalized spacial score (nSPS) is 19.4. The second-order valence-electron chi connectivity index (χ2n) is 5.41. The fourth-order valence-electron chi connectivity index (χ4n) is 2.69. The Morgan fingerprint density at radius 2 is 1.72 bits per heavy atom. The van der Waals surface area contributed by atoms with Crippen LogP contribution in [0.5, 0.6) is 0 Å². The van der Waals surface area contributed by atoms with Crippen LogP contribution in [0.15, 0.2) is 30.3 Å². The number of benzene rings is 1. The molecular formula is C16H25NO. The van der Waals surface area contributed by atoms with Crippen molar-refractivity contribution in [3.8, 4) is 0 Å². The molecule has 18 heavy (non-hydrogen) atoms. The lowest BCUT2D eigenvalue weighted by atomic mass is 10.0. The van der Waals surface area contributed by atoms with Crippen molar-refractivity contribution in [3.05, 3.63) is 35.9 Å². The maximum Gasteiger partial charge on any atom is 0.0659 e. The summed E-state index contributed by atoms with van der Waals surface area (Å²) in [7, 11) is 0. The minimum atomic E-state index is 0.0111. The summed E-state index contributed by atoms with van der Waals surface area (Å²) in [6.07, 6.45) is 8.22. The second-order valence-corrected chi connectivity index (χ2v) is 5.41. The summed E-state index contributed by atoms with van der Waals surface area (Å²) in [6, 6.07) is 10.2. The summed E-state index contributed by atoms with van der Waals surface area (Å²) in [5.41, 5.74) is 7.28. The third-order valence-corrected chi connectivity index (χ3v) is 3.85. The quantitative estimate of drug-likeness (QED) is 0.806. The number of hydrogen-bond acceptors (Lipinski definition) is 2. The van der Waals surface area contributed by atoms with Gasteiger partial charge in [-0.05, 0) is 24.3 Å². The van der Waals surface area contributed by atoms with E-state index in [1.165, 1.54) is 44.1 Å². The van der Waals surface area contributed by atoms with Gasteiger partial charge in [-0.1, -0.05) is 56.0 Å². The van der Waals surface area contributed by atoms with Crippen molar-refractivity contribution in [2.75, 3.05) is 13.2 Å². The maximum atomic E-state index is 6.12. The molecule has 1 aliphatic rings. The van der Waals surface area contributed by atoms with Crippen molar-refractivity contribution in [3.63, 3.8) is 0 Å². The molecule has 0 aliphatic heterocycles. The van der Waals surface area contributed by atoms with E-state index in [-0.39, 0.29) is 6.04 Å². The molecule has 0 radical (unpaired) electrons. The first-order valence-corrected chi connectivity index (χ1v) is 7.24. The van der Waals surface area contributed by atoms with Crippen LogP contribution in [0.4, 0.5) is 0 Å². The zero-order valence-electron chi connectivity index (χ0n) is 11.2. The van der Waals surface area contributed by atoms with Crippen molar-refractivity contribution >= 4 is 0 Å². The predicted octanol–water partition coefficient (Wildman–Crippen LogP) is 3.67. The third-order valence-electron chi connectivity index (χ3n) is 3.85. The van der Waals surface area contributed by atoms with Gasteiger partial charge in [-0.2, -0.15) is 0 Å². The molecular weight excluding hydrogens is 222 g/mol. The summed E-state index contributed by atoms with van der Waals surface area (Å²) >= 11 is 0. The fraction of sp³-hybridized carbons (Fsp3) is 0.625. The molecule has 1 saturated carbocycles. The maximum absolute atomic E-state index is 6.12. The first-order valence-electron chi connectivity index (χ1n) is 7.24. The topological polar surface area (TPSA) is 35.2 Å². The first-order chi connectivity index (χ1) is 8.86. The fourth-order valence-corrected chi connectivity index (χ4v) is 2.69. The molecule has 0 saturated heterocycles. The van der Waals surface area contributed by atoms with E-state index in [1.54, 1.807) is 0 Å². The number of hydrogen-bond donors (Lipinski definition) is 1. The first kappa shape index (κ1) is 13.6. The molecule has 2 N–H and O–H groups in total. The van der Waals surface area contributed by atoms with E-state index in [4.69, 9.17) is 10.5 Å². The molecule has 0 heterocycles. The van der Waals surface area contributed by atoms with Gasteiger partial charge in [0.05, 0.1) is 12.6 Å². The van der Waals surface area contributed by atoms with Gasteiger partial charge in [0.2, 0.25) is 0 Å². The van der Waals surface area contributed by atoms with Gasteiger partial charge in [0.25, 0.3) is 0 Å². The molecule has 1 unspecified atom stereocenters. The smallest absolute Gasteiger partial charge is 0.0659 e. The zero-order chi connectivity index (χ0) is 12.6. The van der Waals surface area contributed by atoms with Crippen molar-refractivity contribution in [1.82, 2.24) is 0 Å². The predicted molar refractivity (Wildman–Crippen MR) is 75.4 cm³/mol. The Labute approximate surface area is 111 Å². The van der Waals surface area contributed by atoms with Crippen LogP contribution in [0.2, 0.25) is 0 Å². The Balaban J connectivity index is 1.68. The highest BCUT2D eigenvalue weighted by Gasteiger charge is 2.13. The molecule has 1 aliphatic carbocycles. The number of nitrogens with two attached hydrogens (primary N) is 1. The Morgan fingerprint density at radius 3 is 2.39 bits per heavy atom. The highest BCUT2D eigenvalue weighted by Crippen LogP contribution is 2.23. The lowest BCUT2D eigenvalue weighted by Crippen LogP contribution is -2.19. The standard InChI is InChI=1S/C16H25NO/c17-16(15-10-6-3-7-11-15)13-18-12-14-8-4-1-2-5-9-14/h3,6-7,10-11,14,16H,1-2,4-5,8-9,12-13,17H2. The van der Waals surface area contributed by atoms with E-state index in [1.807, 2.05) is 18.2 Å². The Morgan fingerprint density at radius 1 is 1.06 bits per heavy atom. The van der Waals surface area contributed by atoms with Crippen molar-refractivity contribution in [1.29, 1.82) is 0 Å². The highest BCUT2D eigenvalue weighted by atomic mass is 16.5. The van der Waals surface area contributed by atoms with Gasteiger partial charge in [0, 0.05) is 6.61 Å². The van der Waals surface area contributed by atoms with Gasteiger partial charge in [-0.3, -0.25) is 0 Å². The molecule has 2 nitrogen and oxygen atoms in total. The van der Waals surface area contributed by atoms with Crippen LogP contribution in [0.1, 0.15) is 50.1 Å². The van der Waals surface area contributed by atoms with E-state index in [2.05, 4.69) is 12.1 Å². The van der Waals surface area contributed by atoms with Crippen LogP contribution >= 0.6 is 0 Å². The molecule has 0 spiro atoms. The van der Waals surface area contributed by atoms with E-state index in [9.17, 15) is 0 Å². The van der Waals surface area contributed by atoms with Gasteiger partial charge in [-0.15, -0.1) is 0 Å². The van der Waals surface area contributed by atoms with Crippen LogP contribution < -0.4 is 5.73 Å². The number of ether oxygens (including phenoxy) is 1. The van der Waals surface area contributed by atoms with Crippen molar-refractivity contribution in [2.24, 2.45) is 11.7 Å². The van der Waals surface area contributed by atoms with Gasteiger partial charge >= 0.3 is 0 Å². The lowest BCUT2D eigenvalue weighted by molar-refractivity contribution is 0.0837. The molecule has 2 rings (SSSR count). The highest BCUT2D eigenvalue weighted by molar-refractivity contribution is 5.18. The van der Waals surface area contributed by atoms with E-state index < -0.39 is 0 Å². The van der Waals surface area contributed by atoms with Crippen LogP contribution in [0.25, 0.3) is 0 Å². The molecule has 1 aromatic rings. The second kappa shape index (κ2) is 7.55. The molecule has 1 aromatic carbocycles. The lowest BCUT2D eigenvalue weighted by Gasteiger charge is -2.17. The molecule has 1 fully saturated rings. The number of rotatable bonds is 5. The average molecular weight is 247 g/mol. The van der Waals surface area contributed by atoms with E-state index in [0.717, 1.165) is 12.5 Å². The van der Waals surface area contributed by atoms with Gasteiger partial charge in [-0.25, -0.2) is 0 Å². The third kappa shape index (κ3) is 4.43. The Kier molecular flexibility index (Phi) is 5.69. The molecule has 0 aromatic heterocycles. The summed E-state index contributed by atoms with van der Waals surface area (Å²) in [6.45, 7) is 1.53. The van der Waals surface area contributed by atoms with Crippen molar-refractivity contribution in [2.45, 2.75) is 44.6 Å². The summed E-state index contributed by atoms with van der Waals surface area (Å²) in [5.74, 6) is 0.760. The summed E-state index contributed by atoms with van der Waals surface area (Å²) in [5, 5.41) is 0. The monoisotopic (exact) mass is 247 g/mol. The molecule has 100 valence electrons. The molecule has 0 bridgehead atoms. The largest absolute Gasteiger partial charge is 0.379 e. The SMILES string of the molecule is NC(COCC1CCCCCC1)c1ccccc1. The van der Waals surface area contributed by atoms with Crippen LogP contribution in [0, 0.1) is 5.92 Å². The van der Waals surface area contributed by atoms with Crippen LogP contribution in [-0.4, -0.2) is 13.2 Å². The zero-order valence-corrected chi connectivity index (χ0v) is 11.2. The van der Waals surface area contributed by atoms with Crippen LogP contribution in [-0.2, 0) is 4.74 Å².